The first-order chi connectivity index (χ1) is 7.22. The van der Waals surface area contributed by atoms with Gasteiger partial charge in [0.25, 0.3) is 0 Å². The van der Waals surface area contributed by atoms with Gasteiger partial charge in [-0.3, -0.25) is 4.68 Å². The zero-order valence-electron chi connectivity index (χ0n) is 9.19. The third-order valence-electron chi connectivity index (χ3n) is 4.23. The second-order valence-electron chi connectivity index (χ2n) is 5.34. The Bertz CT molecular complexity index is 360. The minimum absolute atomic E-state index is 0.328. The van der Waals surface area contributed by atoms with Crippen molar-refractivity contribution in [3.8, 4) is 0 Å². The molecule has 2 unspecified atom stereocenters. The molecule has 1 aromatic heterocycles. The molecule has 2 atom stereocenters. The minimum atomic E-state index is 0.328. The van der Waals surface area contributed by atoms with Crippen molar-refractivity contribution in [2.75, 3.05) is 6.54 Å². The van der Waals surface area contributed by atoms with Crippen LogP contribution >= 0.6 is 0 Å². The minimum Gasteiger partial charge on any atom is -0.330 e. The SMILES string of the molecule is Cn1ncnc1CC1(CN)CC2CC2C1. The number of nitrogens with two attached hydrogens (primary N) is 1. The maximum Gasteiger partial charge on any atom is 0.138 e. The Kier molecular flexibility index (Phi) is 1.89. The molecule has 0 saturated heterocycles. The first-order valence-corrected chi connectivity index (χ1v) is 5.75. The van der Waals surface area contributed by atoms with Gasteiger partial charge in [-0.2, -0.15) is 5.10 Å². The Morgan fingerprint density at radius 3 is 2.80 bits per heavy atom. The molecular weight excluding hydrogens is 188 g/mol. The molecule has 0 bridgehead atoms. The second-order valence-corrected chi connectivity index (χ2v) is 5.34. The molecule has 3 rings (SSSR count). The molecule has 4 nitrogen and oxygen atoms in total. The highest BCUT2D eigenvalue weighted by atomic mass is 15.3. The van der Waals surface area contributed by atoms with Gasteiger partial charge in [0.2, 0.25) is 0 Å². The highest BCUT2D eigenvalue weighted by Crippen LogP contribution is 2.60. The van der Waals surface area contributed by atoms with E-state index in [1.165, 1.54) is 19.3 Å². The Balaban J connectivity index is 1.78. The molecule has 2 N–H and O–H groups in total. The zero-order chi connectivity index (χ0) is 10.5. The predicted octanol–water partition coefficient (Wildman–Crippen LogP) is 0.733. The molecule has 1 heterocycles. The lowest BCUT2D eigenvalue weighted by molar-refractivity contribution is 0.264. The third kappa shape index (κ3) is 1.47. The largest absolute Gasteiger partial charge is 0.330 e. The van der Waals surface area contributed by atoms with Gasteiger partial charge < -0.3 is 5.73 Å². The molecule has 15 heavy (non-hydrogen) atoms. The summed E-state index contributed by atoms with van der Waals surface area (Å²) in [6, 6.07) is 0. The quantitative estimate of drug-likeness (QED) is 0.793. The average Bonchev–Trinajstić information content (AvgIpc) is 2.66. The van der Waals surface area contributed by atoms with Crippen molar-refractivity contribution in [3.63, 3.8) is 0 Å². The van der Waals surface area contributed by atoms with E-state index < -0.39 is 0 Å². The van der Waals surface area contributed by atoms with Gasteiger partial charge in [0.15, 0.2) is 0 Å². The third-order valence-corrected chi connectivity index (χ3v) is 4.23. The van der Waals surface area contributed by atoms with Crippen LogP contribution in [0.15, 0.2) is 6.33 Å². The molecule has 0 aliphatic heterocycles. The number of rotatable bonds is 3. The van der Waals surface area contributed by atoms with Gasteiger partial charge in [-0.15, -0.1) is 0 Å². The lowest BCUT2D eigenvalue weighted by Crippen LogP contribution is -2.32. The van der Waals surface area contributed by atoms with E-state index in [-0.39, 0.29) is 0 Å². The summed E-state index contributed by atoms with van der Waals surface area (Å²) in [4.78, 5) is 4.31. The van der Waals surface area contributed by atoms with Gasteiger partial charge in [0.05, 0.1) is 0 Å². The monoisotopic (exact) mass is 206 g/mol. The summed E-state index contributed by atoms with van der Waals surface area (Å²) < 4.78 is 1.88. The van der Waals surface area contributed by atoms with E-state index in [1.807, 2.05) is 11.7 Å². The molecule has 82 valence electrons. The van der Waals surface area contributed by atoms with Crippen molar-refractivity contribution < 1.29 is 0 Å². The molecule has 0 aromatic carbocycles. The van der Waals surface area contributed by atoms with E-state index in [1.54, 1.807) is 6.33 Å². The van der Waals surface area contributed by atoms with Gasteiger partial charge in [-0.25, -0.2) is 4.98 Å². The molecule has 2 aliphatic carbocycles. The molecule has 2 aliphatic rings. The van der Waals surface area contributed by atoms with E-state index in [0.717, 1.165) is 30.6 Å². The summed E-state index contributed by atoms with van der Waals surface area (Å²) in [6.45, 7) is 0.798. The van der Waals surface area contributed by atoms with Gasteiger partial charge in [0, 0.05) is 13.5 Å². The summed E-state index contributed by atoms with van der Waals surface area (Å²) >= 11 is 0. The van der Waals surface area contributed by atoms with Crippen molar-refractivity contribution in [2.45, 2.75) is 25.7 Å². The second kappa shape index (κ2) is 3.04. The Morgan fingerprint density at radius 1 is 1.53 bits per heavy atom. The fourth-order valence-corrected chi connectivity index (χ4v) is 3.20. The van der Waals surface area contributed by atoms with Crippen LogP contribution in [0.3, 0.4) is 0 Å². The topological polar surface area (TPSA) is 56.7 Å². The highest BCUT2D eigenvalue weighted by Gasteiger charge is 2.53. The predicted molar refractivity (Wildman–Crippen MR) is 57.0 cm³/mol. The zero-order valence-corrected chi connectivity index (χ0v) is 9.19. The Labute approximate surface area is 89.9 Å². The van der Waals surface area contributed by atoms with E-state index in [9.17, 15) is 0 Å². The standard InChI is InChI=1S/C11H18N4/c1-15-10(13-7-14-15)5-11(6-12)3-8-2-9(8)4-11/h7-9H,2-6,12H2,1H3. The Morgan fingerprint density at radius 2 is 2.27 bits per heavy atom. The molecule has 0 amide bonds. The fraction of sp³-hybridized carbons (Fsp3) is 0.818. The van der Waals surface area contributed by atoms with Crippen molar-refractivity contribution in [2.24, 2.45) is 30.0 Å². The summed E-state index contributed by atoms with van der Waals surface area (Å²) in [5.41, 5.74) is 6.29. The van der Waals surface area contributed by atoms with Crippen LogP contribution in [0.1, 0.15) is 25.1 Å². The molecular formula is C11H18N4. The Hall–Kier alpha value is -0.900. The van der Waals surface area contributed by atoms with E-state index in [4.69, 9.17) is 5.73 Å². The van der Waals surface area contributed by atoms with Crippen LogP contribution in [0, 0.1) is 17.3 Å². The van der Waals surface area contributed by atoms with Crippen LogP contribution in [0.25, 0.3) is 0 Å². The summed E-state index contributed by atoms with van der Waals surface area (Å²) in [7, 11) is 1.96. The van der Waals surface area contributed by atoms with Crippen molar-refractivity contribution in [1.29, 1.82) is 0 Å². The summed E-state index contributed by atoms with van der Waals surface area (Å²) in [5.74, 6) is 3.03. The maximum atomic E-state index is 5.96. The number of fused-ring (bicyclic) bond motifs is 1. The first kappa shape index (κ1) is 9.33. The van der Waals surface area contributed by atoms with E-state index in [2.05, 4.69) is 10.1 Å². The van der Waals surface area contributed by atoms with Gasteiger partial charge in [-0.05, 0) is 43.1 Å². The smallest absolute Gasteiger partial charge is 0.138 e. The van der Waals surface area contributed by atoms with Crippen molar-refractivity contribution >= 4 is 0 Å². The van der Waals surface area contributed by atoms with Gasteiger partial charge >= 0.3 is 0 Å². The van der Waals surface area contributed by atoms with Crippen LogP contribution in [0.4, 0.5) is 0 Å². The number of aromatic nitrogens is 3. The number of hydrogen-bond acceptors (Lipinski definition) is 3. The molecule has 0 radical (unpaired) electrons. The molecule has 2 fully saturated rings. The van der Waals surface area contributed by atoms with Gasteiger partial charge in [-0.1, -0.05) is 0 Å². The molecule has 0 spiro atoms. The van der Waals surface area contributed by atoms with Crippen molar-refractivity contribution in [3.05, 3.63) is 12.2 Å². The average molecular weight is 206 g/mol. The van der Waals surface area contributed by atoms with Crippen LogP contribution in [0.2, 0.25) is 0 Å². The number of aryl methyl sites for hydroxylation is 1. The van der Waals surface area contributed by atoms with Crippen LogP contribution in [0.5, 0.6) is 0 Å². The van der Waals surface area contributed by atoms with Crippen LogP contribution in [-0.4, -0.2) is 21.3 Å². The normalized spacial score (nSPS) is 38.0. The first-order valence-electron chi connectivity index (χ1n) is 5.75. The lowest BCUT2D eigenvalue weighted by Gasteiger charge is -2.28. The lowest BCUT2D eigenvalue weighted by atomic mass is 9.79. The number of nitrogens with zero attached hydrogens (tertiary/aromatic N) is 3. The molecule has 2 saturated carbocycles. The van der Waals surface area contributed by atoms with Crippen LogP contribution in [-0.2, 0) is 13.5 Å². The van der Waals surface area contributed by atoms with E-state index in [0.29, 0.717) is 5.41 Å². The summed E-state index contributed by atoms with van der Waals surface area (Å²) in [6.07, 6.45) is 6.70. The van der Waals surface area contributed by atoms with Crippen molar-refractivity contribution in [1.82, 2.24) is 14.8 Å². The highest BCUT2D eigenvalue weighted by molar-refractivity contribution is 5.07. The van der Waals surface area contributed by atoms with E-state index >= 15 is 0 Å². The maximum absolute atomic E-state index is 5.96. The summed E-state index contributed by atoms with van der Waals surface area (Å²) in [5, 5.41) is 4.12. The fourth-order valence-electron chi connectivity index (χ4n) is 3.20. The molecule has 4 heteroatoms. The van der Waals surface area contributed by atoms with Gasteiger partial charge in [0.1, 0.15) is 12.2 Å². The number of hydrogen-bond donors (Lipinski definition) is 1. The van der Waals surface area contributed by atoms with Crippen LogP contribution < -0.4 is 5.73 Å². The molecule has 1 aromatic rings.